The zero-order chi connectivity index (χ0) is 14.4. The highest BCUT2D eigenvalue weighted by Gasteiger charge is 2.12. The molecule has 104 valence electrons. The van der Waals surface area contributed by atoms with Crippen molar-refractivity contribution in [2.24, 2.45) is 0 Å². The molecule has 2 N–H and O–H groups in total. The van der Waals surface area contributed by atoms with Crippen molar-refractivity contribution in [3.8, 4) is 0 Å². The average molecular weight is 285 g/mol. The molecule has 1 atom stereocenters. The van der Waals surface area contributed by atoms with Crippen LogP contribution >= 0.6 is 12.2 Å². The molecule has 0 aliphatic rings. The maximum Gasteiger partial charge on any atom is 0.171 e. The molecule has 0 radical (unpaired) electrons. The van der Waals surface area contributed by atoms with Gasteiger partial charge in [0.05, 0.1) is 6.04 Å². The Kier molecular flexibility index (Phi) is 5.07. The summed E-state index contributed by atoms with van der Waals surface area (Å²) < 4.78 is 0. The Morgan fingerprint density at radius 2 is 1.90 bits per heavy atom. The first-order valence-electron chi connectivity index (χ1n) is 6.73. The number of hydrogen-bond donors (Lipinski definition) is 2. The second-order valence-corrected chi connectivity index (χ2v) is 5.06. The molecule has 0 amide bonds. The zero-order valence-electron chi connectivity index (χ0n) is 11.8. The lowest BCUT2D eigenvalue weighted by Crippen LogP contribution is -2.32. The fourth-order valence-electron chi connectivity index (χ4n) is 2.14. The van der Waals surface area contributed by atoms with E-state index in [9.17, 15) is 0 Å². The number of hydrogen-bond acceptors (Lipinski definition) is 2. The quantitative estimate of drug-likeness (QED) is 0.837. The van der Waals surface area contributed by atoms with Gasteiger partial charge in [-0.15, -0.1) is 0 Å². The molecule has 1 aromatic heterocycles. The van der Waals surface area contributed by atoms with Crippen LogP contribution in [-0.4, -0.2) is 10.1 Å². The van der Waals surface area contributed by atoms with Crippen molar-refractivity contribution < 1.29 is 0 Å². The van der Waals surface area contributed by atoms with Crippen LogP contribution in [0.4, 0.5) is 5.69 Å². The van der Waals surface area contributed by atoms with Crippen LogP contribution in [0.15, 0.2) is 48.8 Å². The fraction of sp³-hybridized carbons (Fsp3) is 0.250. The van der Waals surface area contributed by atoms with Gasteiger partial charge in [0, 0.05) is 18.1 Å². The van der Waals surface area contributed by atoms with Gasteiger partial charge < -0.3 is 10.6 Å². The van der Waals surface area contributed by atoms with Gasteiger partial charge in [-0.2, -0.15) is 0 Å². The number of aromatic nitrogens is 1. The standard InChI is InChI=1S/C16H19N3S/c1-3-15(14-7-5-4-6-12(14)2)19-16(20)18-13-8-10-17-11-9-13/h4-11,15H,3H2,1-2H3,(H2,17,18,19,20)/t15-/m0/s1. The highest BCUT2D eigenvalue weighted by Crippen LogP contribution is 2.20. The fourth-order valence-corrected chi connectivity index (χ4v) is 2.40. The summed E-state index contributed by atoms with van der Waals surface area (Å²) in [6.07, 6.45) is 4.45. The highest BCUT2D eigenvalue weighted by molar-refractivity contribution is 7.80. The third-order valence-electron chi connectivity index (χ3n) is 3.22. The molecule has 0 unspecified atom stereocenters. The number of aryl methyl sites for hydroxylation is 1. The van der Waals surface area contributed by atoms with E-state index >= 15 is 0 Å². The molecule has 1 aromatic carbocycles. The van der Waals surface area contributed by atoms with E-state index in [1.165, 1.54) is 11.1 Å². The summed E-state index contributed by atoms with van der Waals surface area (Å²) >= 11 is 5.38. The largest absolute Gasteiger partial charge is 0.356 e. The topological polar surface area (TPSA) is 37.0 Å². The number of benzene rings is 1. The molecular formula is C16H19N3S. The van der Waals surface area contributed by atoms with E-state index in [-0.39, 0.29) is 6.04 Å². The molecule has 0 saturated heterocycles. The van der Waals surface area contributed by atoms with Crippen LogP contribution in [-0.2, 0) is 0 Å². The summed E-state index contributed by atoms with van der Waals surface area (Å²) in [5.74, 6) is 0. The molecule has 2 aromatic rings. The second-order valence-electron chi connectivity index (χ2n) is 4.65. The molecule has 0 saturated carbocycles. The lowest BCUT2D eigenvalue weighted by Gasteiger charge is -2.21. The zero-order valence-corrected chi connectivity index (χ0v) is 12.6. The van der Waals surface area contributed by atoms with Gasteiger partial charge in [-0.1, -0.05) is 31.2 Å². The summed E-state index contributed by atoms with van der Waals surface area (Å²) in [7, 11) is 0. The van der Waals surface area contributed by atoms with E-state index in [1.807, 2.05) is 12.1 Å². The molecule has 3 nitrogen and oxygen atoms in total. The Hall–Kier alpha value is -1.94. The number of nitrogens with zero attached hydrogens (tertiary/aromatic N) is 1. The van der Waals surface area contributed by atoms with Crippen LogP contribution in [0.3, 0.4) is 0 Å². The van der Waals surface area contributed by atoms with Crippen LogP contribution in [0, 0.1) is 6.92 Å². The van der Waals surface area contributed by atoms with Crippen LogP contribution in [0.2, 0.25) is 0 Å². The van der Waals surface area contributed by atoms with Crippen molar-refractivity contribution in [2.75, 3.05) is 5.32 Å². The third-order valence-corrected chi connectivity index (χ3v) is 3.44. The van der Waals surface area contributed by atoms with E-state index in [4.69, 9.17) is 12.2 Å². The molecule has 1 heterocycles. The molecule has 2 rings (SSSR count). The Bertz CT molecular complexity index is 569. The van der Waals surface area contributed by atoms with Crippen molar-refractivity contribution in [1.29, 1.82) is 0 Å². The minimum atomic E-state index is 0.220. The van der Waals surface area contributed by atoms with Crippen molar-refractivity contribution in [2.45, 2.75) is 26.3 Å². The van der Waals surface area contributed by atoms with Gasteiger partial charge in [-0.3, -0.25) is 4.98 Å². The van der Waals surface area contributed by atoms with Crippen molar-refractivity contribution in [1.82, 2.24) is 10.3 Å². The van der Waals surface area contributed by atoms with Gasteiger partial charge in [0.25, 0.3) is 0 Å². The number of rotatable bonds is 4. The van der Waals surface area contributed by atoms with Crippen LogP contribution in [0.5, 0.6) is 0 Å². The minimum absolute atomic E-state index is 0.220. The van der Waals surface area contributed by atoms with Crippen molar-refractivity contribution >= 4 is 23.0 Å². The monoisotopic (exact) mass is 285 g/mol. The van der Waals surface area contributed by atoms with Gasteiger partial charge in [0.1, 0.15) is 0 Å². The Morgan fingerprint density at radius 1 is 1.20 bits per heavy atom. The SMILES string of the molecule is CC[C@H](NC(=S)Nc1ccncc1)c1ccccc1C. The molecule has 20 heavy (non-hydrogen) atoms. The molecule has 4 heteroatoms. The van der Waals surface area contributed by atoms with Gasteiger partial charge in [0.2, 0.25) is 0 Å². The van der Waals surface area contributed by atoms with Crippen molar-refractivity contribution in [3.63, 3.8) is 0 Å². The molecule has 0 aliphatic heterocycles. The van der Waals surface area contributed by atoms with Crippen LogP contribution < -0.4 is 10.6 Å². The number of pyridine rings is 1. The van der Waals surface area contributed by atoms with Gasteiger partial charge >= 0.3 is 0 Å². The number of thiocarbonyl (C=S) groups is 1. The van der Waals surface area contributed by atoms with Crippen molar-refractivity contribution in [3.05, 3.63) is 59.9 Å². The van der Waals surface area contributed by atoms with Gasteiger partial charge in [-0.25, -0.2) is 0 Å². The summed E-state index contributed by atoms with van der Waals surface area (Å²) in [6, 6.07) is 12.4. The first kappa shape index (κ1) is 14.5. The average Bonchev–Trinajstić information content (AvgIpc) is 2.46. The minimum Gasteiger partial charge on any atom is -0.356 e. The van der Waals surface area contributed by atoms with Crippen LogP contribution in [0.25, 0.3) is 0 Å². The molecule has 0 bridgehead atoms. The van der Waals surface area contributed by atoms with E-state index in [0.717, 1.165) is 12.1 Å². The predicted octanol–water partition coefficient (Wildman–Crippen LogP) is 3.83. The Balaban J connectivity index is 2.04. The van der Waals surface area contributed by atoms with E-state index in [1.54, 1.807) is 12.4 Å². The summed E-state index contributed by atoms with van der Waals surface area (Å²) in [5.41, 5.74) is 3.50. The summed E-state index contributed by atoms with van der Waals surface area (Å²) in [6.45, 7) is 4.28. The maximum atomic E-state index is 5.38. The van der Waals surface area contributed by atoms with Gasteiger partial charge in [0.15, 0.2) is 5.11 Å². The van der Waals surface area contributed by atoms with E-state index in [2.05, 4.69) is 53.7 Å². The Labute approximate surface area is 125 Å². The third kappa shape index (κ3) is 3.78. The molecule has 0 spiro atoms. The smallest absolute Gasteiger partial charge is 0.171 e. The van der Waals surface area contributed by atoms with Crippen LogP contribution in [0.1, 0.15) is 30.5 Å². The maximum absolute atomic E-state index is 5.38. The Morgan fingerprint density at radius 3 is 2.55 bits per heavy atom. The van der Waals surface area contributed by atoms with E-state index in [0.29, 0.717) is 5.11 Å². The highest BCUT2D eigenvalue weighted by atomic mass is 32.1. The second kappa shape index (κ2) is 7.01. The summed E-state index contributed by atoms with van der Waals surface area (Å²) in [5, 5.41) is 7.18. The van der Waals surface area contributed by atoms with Gasteiger partial charge in [-0.05, 0) is 48.8 Å². The number of nitrogens with one attached hydrogen (secondary N) is 2. The molecule has 0 fully saturated rings. The first-order valence-corrected chi connectivity index (χ1v) is 7.14. The first-order chi connectivity index (χ1) is 9.70. The molecular weight excluding hydrogens is 266 g/mol. The summed E-state index contributed by atoms with van der Waals surface area (Å²) in [4.78, 5) is 3.99. The number of anilines is 1. The molecule has 0 aliphatic carbocycles. The lowest BCUT2D eigenvalue weighted by molar-refractivity contribution is 0.625. The normalized spacial score (nSPS) is 11.7. The lowest BCUT2D eigenvalue weighted by atomic mass is 10.00. The predicted molar refractivity (Wildman–Crippen MR) is 87.8 cm³/mol. The van der Waals surface area contributed by atoms with E-state index < -0.39 is 0 Å².